The molecule has 12 heteroatoms. The van der Waals surface area contributed by atoms with Gasteiger partial charge in [-0.2, -0.15) is 13.2 Å². The van der Waals surface area contributed by atoms with Crippen LogP contribution in [0.5, 0.6) is 0 Å². The number of rotatable bonds is 8. The minimum atomic E-state index is -4.91. The number of amides is 1. The summed E-state index contributed by atoms with van der Waals surface area (Å²) < 4.78 is 54.6. The zero-order valence-electron chi connectivity index (χ0n) is 18.1. The highest BCUT2D eigenvalue weighted by Crippen LogP contribution is 2.43. The van der Waals surface area contributed by atoms with Crippen molar-refractivity contribution in [3.05, 3.63) is 70.0 Å². The Morgan fingerprint density at radius 2 is 1.97 bits per heavy atom. The van der Waals surface area contributed by atoms with Gasteiger partial charge in [0.1, 0.15) is 17.8 Å². The van der Waals surface area contributed by atoms with Gasteiger partial charge in [0, 0.05) is 35.6 Å². The number of nitrogens with zero attached hydrogens (tertiary/aromatic N) is 1. The SMILES string of the molecule is C=CC(=O)N1CCC(Nc2ccc(C(=N)C(F)(F)F)c(NCC=O)c2)(c2c(F)ccc(Cl)c2Cl)C1. The van der Waals surface area contributed by atoms with Gasteiger partial charge in [-0.05, 0) is 42.8 Å². The molecule has 35 heavy (non-hydrogen) atoms. The maximum atomic E-state index is 15.1. The fourth-order valence-electron chi connectivity index (χ4n) is 4.03. The highest BCUT2D eigenvalue weighted by atomic mass is 35.5. The number of halogens is 6. The third-order valence-electron chi connectivity index (χ3n) is 5.61. The van der Waals surface area contributed by atoms with Crippen LogP contribution in [0.2, 0.25) is 10.0 Å². The number of hydrogen-bond donors (Lipinski definition) is 3. The Hall–Kier alpha value is -3.11. The van der Waals surface area contributed by atoms with Crippen molar-refractivity contribution in [2.75, 3.05) is 30.3 Å². The summed E-state index contributed by atoms with van der Waals surface area (Å²) in [5.41, 5.74) is -3.25. The highest BCUT2D eigenvalue weighted by molar-refractivity contribution is 6.42. The minimum absolute atomic E-state index is 0.000501. The van der Waals surface area contributed by atoms with Crippen molar-refractivity contribution in [1.82, 2.24) is 4.90 Å². The molecule has 1 unspecified atom stereocenters. The van der Waals surface area contributed by atoms with Gasteiger partial charge >= 0.3 is 6.18 Å². The normalized spacial score (nSPS) is 17.7. The largest absolute Gasteiger partial charge is 0.433 e. The number of anilines is 2. The second-order valence-corrected chi connectivity index (χ2v) is 8.61. The van der Waals surface area contributed by atoms with E-state index in [9.17, 15) is 22.8 Å². The molecule has 1 aliphatic rings. The molecule has 2 aromatic carbocycles. The number of hydrogen-bond acceptors (Lipinski definition) is 5. The molecule has 3 N–H and O–H groups in total. The van der Waals surface area contributed by atoms with E-state index in [-0.39, 0.29) is 53.0 Å². The molecule has 2 aromatic rings. The van der Waals surface area contributed by atoms with Crippen LogP contribution >= 0.6 is 23.2 Å². The van der Waals surface area contributed by atoms with Crippen molar-refractivity contribution in [2.45, 2.75) is 18.1 Å². The van der Waals surface area contributed by atoms with Crippen LogP contribution in [0.4, 0.5) is 28.9 Å². The lowest BCUT2D eigenvalue weighted by Gasteiger charge is -2.34. The van der Waals surface area contributed by atoms with E-state index in [1.54, 1.807) is 0 Å². The van der Waals surface area contributed by atoms with Gasteiger partial charge in [0.15, 0.2) is 0 Å². The molecule has 1 atom stereocenters. The van der Waals surface area contributed by atoms with Crippen LogP contribution < -0.4 is 10.6 Å². The molecule has 1 amide bonds. The van der Waals surface area contributed by atoms with Gasteiger partial charge in [-0.3, -0.25) is 10.2 Å². The summed E-state index contributed by atoms with van der Waals surface area (Å²) in [5, 5.41) is 13.2. The van der Waals surface area contributed by atoms with Gasteiger partial charge in [0.25, 0.3) is 0 Å². The first-order valence-electron chi connectivity index (χ1n) is 10.2. The molecule has 6 nitrogen and oxygen atoms in total. The Morgan fingerprint density at radius 1 is 1.26 bits per heavy atom. The average molecular weight is 531 g/mol. The summed E-state index contributed by atoms with van der Waals surface area (Å²) in [6, 6.07) is 6.05. The first-order chi connectivity index (χ1) is 16.4. The third-order valence-corrected chi connectivity index (χ3v) is 6.41. The topological polar surface area (TPSA) is 85.3 Å². The molecule has 0 aliphatic carbocycles. The molecule has 0 saturated carbocycles. The van der Waals surface area contributed by atoms with Crippen LogP contribution in [-0.4, -0.2) is 48.6 Å². The number of alkyl halides is 3. The second-order valence-electron chi connectivity index (χ2n) is 7.82. The van der Waals surface area contributed by atoms with Crippen molar-refractivity contribution in [1.29, 1.82) is 5.41 Å². The third kappa shape index (κ3) is 5.43. The molecule has 0 spiro atoms. The second kappa shape index (κ2) is 10.2. The Labute approximate surface area is 208 Å². The summed E-state index contributed by atoms with van der Waals surface area (Å²) in [5.74, 6) is -1.08. The quantitative estimate of drug-likeness (QED) is 0.140. The maximum absolute atomic E-state index is 15.1. The summed E-state index contributed by atoms with van der Waals surface area (Å²) >= 11 is 12.5. The Morgan fingerprint density at radius 3 is 2.60 bits per heavy atom. The first-order valence-corrected chi connectivity index (χ1v) is 11.0. The van der Waals surface area contributed by atoms with Crippen LogP contribution in [0.1, 0.15) is 17.5 Å². The molecule has 1 heterocycles. The fraction of sp³-hybridized carbons (Fsp3) is 0.261. The molecule has 3 rings (SSSR count). The van der Waals surface area contributed by atoms with Crippen LogP contribution in [0.25, 0.3) is 0 Å². The number of aldehydes is 1. The standard InChI is InChI=1S/C23H20Cl2F4N4O2/c1-2-18(35)33-9-7-22(12-33,19-16(26)6-5-15(24)20(19)25)32-13-3-4-14(21(30)23(27,28)29)17(11-13)31-8-10-34/h2-6,10-11,30-32H,1,7-9,12H2. The van der Waals surface area contributed by atoms with Gasteiger partial charge in [0.05, 0.1) is 22.1 Å². The molecule has 0 bridgehead atoms. The van der Waals surface area contributed by atoms with E-state index in [2.05, 4.69) is 17.2 Å². The van der Waals surface area contributed by atoms with Gasteiger partial charge in [-0.1, -0.05) is 29.8 Å². The van der Waals surface area contributed by atoms with Gasteiger partial charge in [-0.15, -0.1) is 0 Å². The highest BCUT2D eigenvalue weighted by Gasteiger charge is 2.45. The lowest BCUT2D eigenvalue weighted by atomic mass is 9.87. The number of carbonyl (C=O) groups is 2. The van der Waals surface area contributed by atoms with Crippen LogP contribution in [-0.2, 0) is 15.1 Å². The van der Waals surface area contributed by atoms with E-state index in [1.165, 1.54) is 23.1 Å². The number of likely N-dealkylation sites (tertiary alicyclic amines) is 1. The molecular weight excluding hydrogens is 511 g/mol. The number of carbonyl (C=O) groups excluding carboxylic acids is 2. The average Bonchev–Trinajstić information content (AvgIpc) is 3.23. The van der Waals surface area contributed by atoms with Crippen molar-refractivity contribution in [3.63, 3.8) is 0 Å². The van der Waals surface area contributed by atoms with E-state index in [1.807, 2.05) is 0 Å². The lowest BCUT2D eigenvalue weighted by Crippen LogP contribution is -2.41. The van der Waals surface area contributed by atoms with Crippen molar-refractivity contribution < 1.29 is 27.2 Å². The molecular formula is C23H20Cl2F4N4O2. The smallest absolute Gasteiger partial charge is 0.378 e. The summed E-state index contributed by atoms with van der Waals surface area (Å²) in [7, 11) is 0. The van der Waals surface area contributed by atoms with Crippen LogP contribution in [0.3, 0.4) is 0 Å². The van der Waals surface area contributed by atoms with Crippen molar-refractivity contribution >= 4 is 52.5 Å². The van der Waals surface area contributed by atoms with E-state index < -0.39 is 34.7 Å². The van der Waals surface area contributed by atoms with E-state index >= 15 is 4.39 Å². The van der Waals surface area contributed by atoms with Gasteiger partial charge in [0.2, 0.25) is 5.91 Å². The molecule has 1 aliphatic heterocycles. The summed E-state index contributed by atoms with van der Waals surface area (Å²) in [6.45, 7) is 3.34. The zero-order valence-corrected chi connectivity index (χ0v) is 19.6. The molecule has 0 aromatic heterocycles. The molecule has 1 fully saturated rings. The van der Waals surface area contributed by atoms with Crippen LogP contribution in [0.15, 0.2) is 43.0 Å². The van der Waals surface area contributed by atoms with Gasteiger partial charge in [-0.25, -0.2) is 4.39 Å². The maximum Gasteiger partial charge on any atom is 0.433 e. The predicted molar refractivity (Wildman–Crippen MR) is 127 cm³/mol. The van der Waals surface area contributed by atoms with E-state index in [4.69, 9.17) is 28.6 Å². The Kier molecular flexibility index (Phi) is 7.76. The Balaban J connectivity index is 2.11. The minimum Gasteiger partial charge on any atom is -0.378 e. The number of nitrogens with one attached hydrogen (secondary N) is 3. The summed E-state index contributed by atoms with van der Waals surface area (Å²) in [6.07, 6.45) is -3.15. The van der Waals surface area contributed by atoms with Crippen LogP contribution in [0, 0.1) is 11.2 Å². The van der Waals surface area contributed by atoms with E-state index in [0.29, 0.717) is 6.29 Å². The monoisotopic (exact) mass is 530 g/mol. The first kappa shape index (κ1) is 26.5. The zero-order chi connectivity index (χ0) is 26.0. The lowest BCUT2D eigenvalue weighted by molar-refractivity contribution is -0.125. The molecule has 1 saturated heterocycles. The molecule has 186 valence electrons. The Bertz CT molecular complexity index is 1190. The van der Waals surface area contributed by atoms with Gasteiger partial charge < -0.3 is 20.3 Å². The predicted octanol–water partition coefficient (Wildman–Crippen LogP) is 5.40. The van der Waals surface area contributed by atoms with Crippen molar-refractivity contribution in [3.8, 4) is 0 Å². The fourth-order valence-corrected chi connectivity index (χ4v) is 4.52. The molecule has 0 radical (unpaired) electrons. The number of benzene rings is 2. The van der Waals surface area contributed by atoms with Crippen molar-refractivity contribution in [2.24, 2.45) is 0 Å². The summed E-state index contributed by atoms with van der Waals surface area (Å²) in [4.78, 5) is 24.5. The van der Waals surface area contributed by atoms with E-state index in [0.717, 1.165) is 18.2 Å².